The summed E-state index contributed by atoms with van der Waals surface area (Å²) in [4.78, 5) is 23.9. The average molecular weight is 381 g/mol. The zero-order valence-corrected chi connectivity index (χ0v) is 16.0. The second-order valence-corrected chi connectivity index (χ2v) is 6.37. The van der Waals surface area contributed by atoms with Gasteiger partial charge in [-0.3, -0.25) is 9.59 Å². The van der Waals surface area contributed by atoms with Gasteiger partial charge in [0.05, 0.1) is 18.4 Å². The third-order valence-electron chi connectivity index (χ3n) is 4.27. The van der Waals surface area contributed by atoms with Crippen LogP contribution in [0.4, 0.5) is 0 Å². The van der Waals surface area contributed by atoms with Crippen LogP contribution in [-0.2, 0) is 9.53 Å². The number of methoxy groups -OCH3 is 1. The van der Waals surface area contributed by atoms with Crippen molar-refractivity contribution >= 4 is 11.9 Å². The van der Waals surface area contributed by atoms with Gasteiger partial charge in [0.1, 0.15) is 11.5 Å². The molecule has 0 saturated heterocycles. The van der Waals surface area contributed by atoms with Crippen LogP contribution in [0.2, 0.25) is 0 Å². The molecule has 0 saturated carbocycles. The van der Waals surface area contributed by atoms with E-state index in [1.165, 1.54) is 7.11 Å². The number of aryl methyl sites for hydroxylation is 1. The highest BCUT2D eigenvalue weighted by Gasteiger charge is 2.20. The van der Waals surface area contributed by atoms with Crippen LogP contribution in [0.3, 0.4) is 0 Å². The van der Waals surface area contributed by atoms with Gasteiger partial charge in [0.25, 0.3) is 5.91 Å². The molecule has 0 bridgehead atoms. The number of hydrogen-bond donors (Lipinski definition) is 1. The van der Waals surface area contributed by atoms with Gasteiger partial charge >= 0.3 is 5.97 Å². The predicted molar refractivity (Wildman–Crippen MR) is 104 cm³/mol. The lowest BCUT2D eigenvalue weighted by atomic mass is 10.2. The van der Waals surface area contributed by atoms with Crippen molar-refractivity contribution in [1.82, 2.24) is 15.1 Å². The van der Waals surface area contributed by atoms with E-state index in [-0.39, 0.29) is 11.9 Å². The van der Waals surface area contributed by atoms with Crippen molar-refractivity contribution < 1.29 is 18.7 Å². The molecular formula is C21H23N3O4. The Morgan fingerprint density at radius 1 is 1.14 bits per heavy atom. The van der Waals surface area contributed by atoms with Crippen LogP contribution in [0.5, 0.6) is 0 Å². The Morgan fingerprint density at radius 3 is 2.61 bits per heavy atom. The van der Waals surface area contributed by atoms with Crippen LogP contribution in [-0.4, -0.2) is 35.3 Å². The van der Waals surface area contributed by atoms with E-state index in [2.05, 4.69) is 15.2 Å². The van der Waals surface area contributed by atoms with E-state index in [9.17, 15) is 9.59 Å². The zero-order chi connectivity index (χ0) is 19.9. The van der Waals surface area contributed by atoms with Gasteiger partial charge in [-0.15, -0.1) is 0 Å². The number of rotatable bonds is 8. The summed E-state index contributed by atoms with van der Waals surface area (Å²) in [6, 6.07) is 13.2. The molecule has 146 valence electrons. The fourth-order valence-electron chi connectivity index (χ4n) is 2.79. The van der Waals surface area contributed by atoms with Crippen molar-refractivity contribution in [2.24, 2.45) is 0 Å². The first kappa shape index (κ1) is 19.4. The van der Waals surface area contributed by atoms with E-state index >= 15 is 0 Å². The van der Waals surface area contributed by atoms with Crippen molar-refractivity contribution in [3.63, 3.8) is 0 Å². The number of nitrogens with one attached hydrogen (secondary N) is 1. The topological polar surface area (TPSA) is 86.4 Å². The summed E-state index contributed by atoms with van der Waals surface area (Å²) in [7, 11) is 1.37. The molecule has 0 aliphatic carbocycles. The smallest absolute Gasteiger partial charge is 0.305 e. The molecule has 0 aliphatic heterocycles. The molecule has 2 heterocycles. The molecule has 3 aromatic rings. The van der Waals surface area contributed by atoms with E-state index in [4.69, 9.17) is 4.42 Å². The summed E-state index contributed by atoms with van der Waals surface area (Å²) in [5.41, 5.74) is 1.78. The van der Waals surface area contributed by atoms with Crippen LogP contribution in [0, 0.1) is 6.92 Å². The number of benzene rings is 1. The van der Waals surface area contributed by atoms with Crippen LogP contribution in [0.25, 0.3) is 17.1 Å². The number of furan rings is 1. The number of amides is 1. The van der Waals surface area contributed by atoms with Gasteiger partial charge < -0.3 is 14.5 Å². The van der Waals surface area contributed by atoms with Crippen molar-refractivity contribution in [2.45, 2.75) is 26.2 Å². The molecule has 28 heavy (non-hydrogen) atoms. The monoisotopic (exact) mass is 381 g/mol. The summed E-state index contributed by atoms with van der Waals surface area (Å²) in [5, 5.41) is 7.45. The molecule has 3 rings (SSSR count). The average Bonchev–Trinajstić information content (AvgIpc) is 3.34. The lowest BCUT2D eigenvalue weighted by Crippen LogP contribution is -2.24. The molecule has 1 aromatic carbocycles. The predicted octanol–water partition coefficient (Wildman–Crippen LogP) is 3.51. The van der Waals surface area contributed by atoms with E-state index in [0.717, 1.165) is 11.4 Å². The van der Waals surface area contributed by atoms with Crippen LogP contribution in [0.1, 0.15) is 35.4 Å². The maximum atomic E-state index is 12.7. The number of para-hydroxylation sites is 1. The van der Waals surface area contributed by atoms with Gasteiger partial charge in [0.2, 0.25) is 0 Å². The maximum Gasteiger partial charge on any atom is 0.305 e. The van der Waals surface area contributed by atoms with Crippen LogP contribution >= 0.6 is 0 Å². The normalized spacial score (nSPS) is 10.6. The van der Waals surface area contributed by atoms with Crippen LogP contribution in [0.15, 0.2) is 53.1 Å². The molecule has 0 atom stereocenters. The Bertz CT molecular complexity index is 944. The SMILES string of the molecule is COC(=O)CCCCNC(=O)c1cn(-c2ccccc2)nc1-c1ccc(C)o1. The largest absolute Gasteiger partial charge is 0.469 e. The first-order valence-electron chi connectivity index (χ1n) is 9.15. The molecule has 1 N–H and O–H groups in total. The summed E-state index contributed by atoms with van der Waals surface area (Å²) >= 11 is 0. The van der Waals surface area contributed by atoms with Gasteiger partial charge in [-0.1, -0.05) is 18.2 Å². The van der Waals surface area contributed by atoms with Gasteiger partial charge in [-0.05, 0) is 44.0 Å². The number of nitrogens with zero attached hydrogens (tertiary/aromatic N) is 2. The summed E-state index contributed by atoms with van der Waals surface area (Å²) in [6.45, 7) is 2.31. The van der Waals surface area contributed by atoms with E-state index in [1.807, 2.05) is 43.3 Å². The van der Waals surface area contributed by atoms with Crippen LogP contribution < -0.4 is 5.32 Å². The Morgan fingerprint density at radius 2 is 1.93 bits per heavy atom. The molecule has 0 fully saturated rings. The second kappa shape index (κ2) is 9.03. The van der Waals surface area contributed by atoms with Crippen molar-refractivity contribution in [3.05, 3.63) is 60.0 Å². The quantitative estimate of drug-likeness (QED) is 0.477. The highest BCUT2D eigenvalue weighted by molar-refractivity contribution is 5.99. The Balaban J connectivity index is 1.75. The minimum atomic E-state index is -0.245. The molecule has 0 aliphatic rings. The maximum absolute atomic E-state index is 12.7. The Labute approximate surface area is 163 Å². The minimum absolute atomic E-state index is 0.232. The number of unbranched alkanes of at least 4 members (excludes halogenated alkanes) is 1. The molecule has 0 spiro atoms. The minimum Gasteiger partial charge on any atom is -0.469 e. The Kier molecular flexibility index (Phi) is 6.26. The summed E-state index contributed by atoms with van der Waals surface area (Å²) < 4.78 is 12.0. The number of carbonyl (C=O) groups excluding carboxylic acids is 2. The highest BCUT2D eigenvalue weighted by Crippen LogP contribution is 2.25. The number of ether oxygens (including phenoxy) is 1. The highest BCUT2D eigenvalue weighted by atomic mass is 16.5. The molecule has 2 aromatic heterocycles. The van der Waals surface area contributed by atoms with Crippen molar-refractivity contribution in [3.8, 4) is 17.1 Å². The number of hydrogen-bond acceptors (Lipinski definition) is 5. The first-order valence-corrected chi connectivity index (χ1v) is 9.15. The molecule has 7 heteroatoms. The van der Waals surface area contributed by atoms with Crippen molar-refractivity contribution in [1.29, 1.82) is 0 Å². The molecular weight excluding hydrogens is 358 g/mol. The third kappa shape index (κ3) is 4.68. The molecule has 1 amide bonds. The first-order chi connectivity index (χ1) is 13.6. The summed E-state index contributed by atoms with van der Waals surface area (Å²) in [6.07, 6.45) is 3.38. The lowest BCUT2D eigenvalue weighted by molar-refractivity contribution is -0.140. The van der Waals surface area contributed by atoms with E-state index in [0.29, 0.717) is 42.8 Å². The fraction of sp³-hybridized carbons (Fsp3) is 0.286. The van der Waals surface area contributed by atoms with Crippen molar-refractivity contribution in [2.75, 3.05) is 13.7 Å². The molecule has 7 nitrogen and oxygen atoms in total. The lowest BCUT2D eigenvalue weighted by Gasteiger charge is -2.04. The number of esters is 1. The standard InChI is InChI=1S/C21H23N3O4/c1-15-11-12-18(28-15)20-17(14-24(23-20)16-8-4-3-5-9-16)21(26)22-13-7-6-10-19(25)27-2/h3-5,8-9,11-12,14H,6-7,10,13H2,1-2H3,(H,22,26). The zero-order valence-electron chi connectivity index (χ0n) is 16.0. The van der Waals surface area contributed by atoms with E-state index < -0.39 is 0 Å². The molecule has 0 radical (unpaired) electrons. The van der Waals surface area contributed by atoms with Gasteiger partial charge in [0.15, 0.2) is 5.76 Å². The Hall–Kier alpha value is -3.35. The second-order valence-electron chi connectivity index (χ2n) is 6.37. The fourth-order valence-corrected chi connectivity index (χ4v) is 2.79. The summed E-state index contributed by atoms with van der Waals surface area (Å²) in [5.74, 6) is 0.816. The molecule has 0 unspecified atom stereocenters. The van der Waals surface area contributed by atoms with E-state index in [1.54, 1.807) is 16.9 Å². The number of carbonyl (C=O) groups is 2. The van der Waals surface area contributed by atoms with Gasteiger partial charge in [0, 0.05) is 19.2 Å². The third-order valence-corrected chi connectivity index (χ3v) is 4.27. The number of aromatic nitrogens is 2. The van der Waals surface area contributed by atoms with Gasteiger partial charge in [-0.25, -0.2) is 4.68 Å². The van der Waals surface area contributed by atoms with Gasteiger partial charge in [-0.2, -0.15) is 5.10 Å².